The van der Waals surface area contributed by atoms with Crippen molar-refractivity contribution >= 4 is 17.1 Å². The van der Waals surface area contributed by atoms with Crippen molar-refractivity contribution in [2.45, 2.75) is 32.6 Å². The molecule has 1 aromatic rings. The van der Waals surface area contributed by atoms with E-state index in [1.807, 2.05) is 0 Å². The third kappa shape index (κ3) is 2.89. The molecule has 0 unspecified atom stereocenters. The van der Waals surface area contributed by atoms with Crippen LogP contribution in [0.3, 0.4) is 0 Å². The highest BCUT2D eigenvalue weighted by Gasteiger charge is 2.18. The molecule has 1 N–H and O–H groups in total. The fourth-order valence-electron chi connectivity index (χ4n) is 0.986. The number of carbonyl (C=O) groups is 1. The van der Waals surface area contributed by atoms with Gasteiger partial charge in [-0.05, 0) is 0 Å². The highest BCUT2D eigenvalue weighted by atomic mass is 32.1. The molecule has 78 valence electrons. The molecule has 0 amide bonds. The van der Waals surface area contributed by atoms with E-state index in [1.165, 1.54) is 0 Å². The Morgan fingerprint density at radius 2 is 2.21 bits per heavy atom. The lowest BCUT2D eigenvalue weighted by Gasteiger charge is -2.13. The molecule has 1 aromatic heterocycles. The van der Waals surface area contributed by atoms with Gasteiger partial charge in [0, 0.05) is 22.9 Å². The summed E-state index contributed by atoms with van der Waals surface area (Å²) in [5, 5.41) is 9.62. The van der Waals surface area contributed by atoms with Crippen LogP contribution in [-0.4, -0.2) is 22.5 Å². The number of aliphatic hydroxyl groups is 1. The van der Waals surface area contributed by atoms with Gasteiger partial charge in [0.1, 0.15) is 6.61 Å². The number of hydrogen-bond donors (Lipinski definition) is 1. The van der Waals surface area contributed by atoms with Crippen LogP contribution in [0.1, 0.15) is 30.7 Å². The Morgan fingerprint density at radius 1 is 1.57 bits per heavy atom. The SMILES string of the molecule is CC(C)(C)c1ncc(CC(=O)CO)s1. The maximum Gasteiger partial charge on any atom is 0.163 e. The van der Waals surface area contributed by atoms with E-state index in [9.17, 15) is 4.79 Å². The number of aliphatic hydroxyl groups excluding tert-OH is 1. The Morgan fingerprint density at radius 3 is 2.64 bits per heavy atom. The fraction of sp³-hybridized carbons (Fsp3) is 0.600. The zero-order valence-electron chi connectivity index (χ0n) is 8.70. The summed E-state index contributed by atoms with van der Waals surface area (Å²) in [6.45, 7) is 5.87. The third-order valence-electron chi connectivity index (χ3n) is 1.74. The minimum absolute atomic E-state index is 0.0329. The molecule has 0 aliphatic rings. The summed E-state index contributed by atoms with van der Waals surface area (Å²) in [7, 11) is 0. The van der Waals surface area contributed by atoms with E-state index in [4.69, 9.17) is 5.11 Å². The maximum atomic E-state index is 11.0. The van der Waals surface area contributed by atoms with Crippen molar-refractivity contribution in [3.63, 3.8) is 0 Å². The van der Waals surface area contributed by atoms with Gasteiger partial charge in [-0.1, -0.05) is 20.8 Å². The van der Waals surface area contributed by atoms with Gasteiger partial charge in [-0.25, -0.2) is 4.98 Å². The molecule has 0 radical (unpaired) electrons. The van der Waals surface area contributed by atoms with Gasteiger partial charge in [-0.15, -0.1) is 11.3 Å². The molecule has 0 atom stereocenters. The lowest BCUT2D eigenvalue weighted by atomic mass is 9.98. The van der Waals surface area contributed by atoms with Crippen LogP contribution in [0.2, 0.25) is 0 Å². The summed E-state index contributed by atoms with van der Waals surface area (Å²) < 4.78 is 0. The zero-order chi connectivity index (χ0) is 10.8. The van der Waals surface area contributed by atoms with Crippen LogP contribution >= 0.6 is 11.3 Å². The van der Waals surface area contributed by atoms with E-state index in [2.05, 4.69) is 25.8 Å². The second-order valence-electron chi connectivity index (χ2n) is 4.26. The Kier molecular flexibility index (Phi) is 3.39. The molecule has 4 heteroatoms. The third-order valence-corrected chi connectivity index (χ3v) is 3.17. The molecule has 3 nitrogen and oxygen atoms in total. The average Bonchev–Trinajstić information content (AvgIpc) is 2.51. The predicted octanol–water partition coefficient (Wildman–Crippen LogP) is 1.54. The van der Waals surface area contributed by atoms with Gasteiger partial charge in [0.2, 0.25) is 0 Å². The number of Topliss-reactive ketones (excluding diaryl/α,β-unsaturated/α-hetero) is 1. The summed E-state index contributed by atoms with van der Waals surface area (Å²) in [5.74, 6) is -0.158. The van der Waals surface area contributed by atoms with Crippen molar-refractivity contribution in [2.24, 2.45) is 0 Å². The number of carbonyl (C=O) groups excluding carboxylic acids is 1. The molecule has 0 aliphatic carbocycles. The number of nitrogens with zero attached hydrogens (tertiary/aromatic N) is 1. The molecule has 1 heterocycles. The molecule has 0 fully saturated rings. The highest BCUT2D eigenvalue weighted by molar-refractivity contribution is 7.11. The van der Waals surface area contributed by atoms with Crippen LogP contribution < -0.4 is 0 Å². The Labute approximate surface area is 87.8 Å². The summed E-state index contributed by atoms with van der Waals surface area (Å²) in [5.41, 5.74) is 0.0329. The van der Waals surface area contributed by atoms with Gasteiger partial charge in [0.25, 0.3) is 0 Å². The normalized spacial score (nSPS) is 11.7. The lowest BCUT2D eigenvalue weighted by molar-refractivity contribution is -0.121. The van der Waals surface area contributed by atoms with Gasteiger partial charge in [-0.2, -0.15) is 0 Å². The van der Waals surface area contributed by atoms with Crippen LogP contribution in [0.4, 0.5) is 0 Å². The zero-order valence-corrected chi connectivity index (χ0v) is 9.52. The molecule has 0 spiro atoms. The first-order valence-corrected chi connectivity index (χ1v) is 5.33. The smallest absolute Gasteiger partial charge is 0.163 e. The molecule has 0 bridgehead atoms. The van der Waals surface area contributed by atoms with Crippen molar-refractivity contribution in [3.8, 4) is 0 Å². The van der Waals surface area contributed by atoms with Crippen molar-refractivity contribution in [2.75, 3.05) is 6.61 Å². The summed E-state index contributed by atoms with van der Waals surface area (Å²) in [4.78, 5) is 16.2. The van der Waals surface area contributed by atoms with E-state index >= 15 is 0 Å². The number of ketones is 1. The number of rotatable bonds is 3. The molecule has 1 rings (SSSR count). The minimum atomic E-state index is -0.386. The largest absolute Gasteiger partial charge is 0.389 e. The molecule has 14 heavy (non-hydrogen) atoms. The first-order valence-electron chi connectivity index (χ1n) is 4.51. The highest BCUT2D eigenvalue weighted by Crippen LogP contribution is 2.26. The van der Waals surface area contributed by atoms with E-state index in [0.29, 0.717) is 6.42 Å². The van der Waals surface area contributed by atoms with Crippen LogP contribution in [0.5, 0.6) is 0 Å². The van der Waals surface area contributed by atoms with E-state index in [1.54, 1.807) is 17.5 Å². The van der Waals surface area contributed by atoms with Gasteiger partial charge in [-0.3, -0.25) is 4.79 Å². The van der Waals surface area contributed by atoms with Crippen LogP contribution in [-0.2, 0) is 16.6 Å². The van der Waals surface area contributed by atoms with Gasteiger partial charge < -0.3 is 5.11 Å². The Bertz CT molecular complexity index is 325. The van der Waals surface area contributed by atoms with E-state index < -0.39 is 0 Å². The first-order chi connectivity index (χ1) is 6.43. The van der Waals surface area contributed by atoms with Crippen LogP contribution in [0.15, 0.2) is 6.20 Å². The van der Waals surface area contributed by atoms with Crippen LogP contribution in [0.25, 0.3) is 0 Å². The van der Waals surface area contributed by atoms with Crippen LogP contribution in [0, 0.1) is 0 Å². The summed E-state index contributed by atoms with van der Waals surface area (Å²) >= 11 is 1.54. The van der Waals surface area contributed by atoms with Crippen molar-refractivity contribution in [1.29, 1.82) is 0 Å². The van der Waals surface area contributed by atoms with Crippen molar-refractivity contribution in [1.82, 2.24) is 4.98 Å². The molecule has 0 aliphatic heterocycles. The fourth-order valence-corrected chi connectivity index (χ4v) is 1.98. The van der Waals surface area contributed by atoms with Gasteiger partial charge >= 0.3 is 0 Å². The monoisotopic (exact) mass is 213 g/mol. The van der Waals surface area contributed by atoms with Gasteiger partial charge in [0.05, 0.1) is 5.01 Å². The lowest BCUT2D eigenvalue weighted by Crippen LogP contribution is -2.09. The quantitative estimate of drug-likeness (QED) is 0.828. The molecule has 0 saturated heterocycles. The number of aromatic nitrogens is 1. The van der Waals surface area contributed by atoms with Gasteiger partial charge in [0.15, 0.2) is 5.78 Å². The van der Waals surface area contributed by atoms with Crippen molar-refractivity contribution in [3.05, 3.63) is 16.1 Å². The van der Waals surface area contributed by atoms with Crippen molar-refractivity contribution < 1.29 is 9.90 Å². The predicted molar refractivity (Wildman–Crippen MR) is 56.6 cm³/mol. The summed E-state index contributed by atoms with van der Waals surface area (Å²) in [6.07, 6.45) is 2.02. The standard InChI is InChI=1S/C10H15NO2S/c1-10(2,3)9-11-5-8(14-9)4-7(13)6-12/h5,12H,4,6H2,1-3H3. The maximum absolute atomic E-state index is 11.0. The Hall–Kier alpha value is -0.740. The average molecular weight is 213 g/mol. The first kappa shape index (κ1) is 11.3. The molecular formula is C10H15NO2S. The summed E-state index contributed by atoms with van der Waals surface area (Å²) in [6, 6.07) is 0. The number of hydrogen-bond acceptors (Lipinski definition) is 4. The van der Waals surface area contributed by atoms with E-state index in [-0.39, 0.29) is 17.8 Å². The topological polar surface area (TPSA) is 50.2 Å². The second-order valence-corrected chi connectivity index (χ2v) is 5.37. The molecular weight excluding hydrogens is 198 g/mol. The van der Waals surface area contributed by atoms with E-state index in [0.717, 1.165) is 9.88 Å². The number of thiazole rings is 1. The Balaban J connectivity index is 2.74. The molecule has 0 aromatic carbocycles. The minimum Gasteiger partial charge on any atom is -0.389 e. The second kappa shape index (κ2) is 4.19. The molecule has 0 saturated carbocycles.